The van der Waals surface area contributed by atoms with E-state index in [4.69, 9.17) is 0 Å². The first kappa shape index (κ1) is 11.1. The smallest absolute Gasteiger partial charge is 0.335 e. The van der Waals surface area contributed by atoms with E-state index in [0.717, 1.165) is 18.4 Å². The highest BCUT2D eigenvalue weighted by Gasteiger charge is 2.53. The molecule has 0 amide bonds. The van der Waals surface area contributed by atoms with Gasteiger partial charge in [0.2, 0.25) is 0 Å². The third-order valence-electron chi connectivity index (χ3n) is 3.16. The van der Waals surface area contributed by atoms with Crippen molar-refractivity contribution in [3.63, 3.8) is 0 Å². The minimum absolute atomic E-state index is 0.327. The minimum Gasteiger partial charge on any atom is -0.467 e. The second kappa shape index (κ2) is 3.87. The second-order valence-corrected chi connectivity index (χ2v) is 4.09. The van der Waals surface area contributed by atoms with Gasteiger partial charge in [0.25, 0.3) is 0 Å². The van der Waals surface area contributed by atoms with Gasteiger partial charge in [0.15, 0.2) is 6.10 Å². The molecule has 0 aliphatic heterocycles. The fraction of sp³-hybridized carbons (Fsp3) is 0.417. The summed E-state index contributed by atoms with van der Waals surface area (Å²) in [6.45, 7) is 0. The summed E-state index contributed by atoms with van der Waals surface area (Å²) in [5.74, 6) is -0.964. The highest BCUT2D eigenvalue weighted by molar-refractivity contribution is 5.77. The lowest BCUT2D eigenvalue weighted by atomic mass is 9.90. The summed E-state index contributed by atoms with van der Waals surface area (Å²) in [7, 11) is 1.24. The van der Waals surface area contributed by atoms with Crippen molar-refractivity contribution in [2.45, 2.75) is 24.4 Å². The van der Waals surface area contributed by atoms with Crippen LogP contribution in [0.3, 0.4) is 0 Å². The molecule has 4 heteroatoms. The van der Waals surface area contributed by atoms with E-state index in [0.29, 0.717) is 0 Å². The molecule has 0 bridgehead atoms. The molecule has 1 aromatic rings. The lowest BCUT2D eigenvalue weighted by molar-refractivity contribution is -0.152. The molecule has 1 saturated carbocycles. The van der Waals surface area contributed by atoms with Gasteiger partial charge in [0, 0.05) is 5.41 Å². The topological polar surface area (TPSA) is 46.5 Å². The number of benzene rings is 1. The van der Waals surface area contributed by atoms with Crippen molar-refractivity contribution in [3.8, 4) is 0 Å². The Kier molecular flexibility index (Phi) is 2.68. The van der Waals surface area contributed by atoms with Gasteiger partial charge in [0.1, 0.15) is 5.82 Å². The zero-order valence-corrected chi connectivity index (χ0v) is 8.94. The summed E-state index contributed by atoms with van der Waals surface area (Å²) in [5, 5.41) is 9.86. The summed E-state index contributed by atoms with van der Waals surface area (Å²) in [6, 6.07) is 5.88. The number of methoxy groups -OCH3 is 1. The van der Waals surface area contributed by atoms with Crippen molar-refractivity contribution < 1.29 is 19.0 Å². The third kappa shape index (κ3) is 1.69. The number of esters is 1. The zero-order chi connectivity index (χ0) is 11.8. The van der Waals surface area contributed by atoms with Crippen LogP contribution in [0.25, 0.3) is 0 Å². The molecule has 2 rings (SSSR count). The minimum atomic E-state index is -1.16. The van der Waals surface area contributed by atoms with Gasteiger partial charge < -0.3 is 9.84 Å². The van der Waals surface area contributed by atoms with E-state index in [2.05, 4.69) is 4.74 Å². The average molecular weight is 224 g/mol. The molecule has 1 atom stereocenters. The van der Waals surface area contributed by atoms with E-state index in [-0.39, 0.29) is 5.82 Å². The Morgan fingerprint density at radius 2 is 2.00 bits per heavy atom. The van der Waals surface area contributed by atoms with E-state index in [1.807, 2.05) is 0 Å². The van der Waals surface area contributed by atoms with Crippen molar-refractivity contribution in [1.82, 2.24) is 0 Å². The number of ether oxygens (including phenoxy) is 1. The fourth-order valence-electron chi connectivity index (χ4n) is 1.97. The fourth-order valence-corrected chi connectivity index (χ4v) is 1.97. The molecule has 86 valence electrons. The summed E-state index contributed by atoms with van der Waals surface area (Å²) in [4.78, 5) is 11.3. The van der Waals surface area contributed by atoms with Crippen LogP contribution in [0.4, 0.5) is 4.39 Å². The SMILES string of the molecule is COC(=O)C(O)C1(c2ccc(F)cc2)CC1. The Morgan fingerprint density at radius 1 is 1.44 bits per heavy atom. The molecule has 1 fully saturated rings. The predicted molar refractivity (Wildman–Crippen MR) is 55.3 cm³/mol. The first-order chi connectivity index (χ1) is 7.60. The highest BCUT2D eigenvalue weighted by Crippen LogP contribution is 2.51. The van der Waals surface area contributed by atoms with Crippen LogP contribution in [0.2, 0.25) is 0 Å². The molecule has 1 aliphatic rings. The number of carbonyl (C=O) groups excluding carboxylic acids is 1. The van der Waals surface area contributed by atoms with Crippen molar-refractivity contribution in [3.05, 3.63) is 35.6 Å². The van der Waals surface area contributed by atoms with E-state index in [1.54, 1.807) is 12.1 Å². The number of aliphatic hydroxyl groups excluding tert-OH is 1. The largest absolute Gasteiger partial charge is 0.467 e. The lowest BCUT2D eigenvalue weighted by Crippen LogP contribution is -2.34. The van der Waals surface area contributed by atoms with Gasteiger partial charge >= 0.3 is 5.97 Å². The number of carbonyl (C=O) groups is 1. The van der Waals surface area contributed by atoms with Gasteiger partial charge in [0.05, 0.1) is 7.11 Å². The monoisotopic (exact) mass is 224 g/mol. The zero-order valence-electron chi connectivity index (χ0n) is 8.94. The van der Waals surface area contributed by atoms with Gasteiger partial charge in [-0.1, -0.05) is 12.1 Å². The van der Waals surface area contributed by atoms with Crippen molar-refractivity contribution in [2.75, 3.05) is 7.11 Å². The van der Waals surface area contributed by atoms with Crippen LogP contribution in [0.1, 0.15) is 18.4 Å². The van der Waals surface area contributed by atoms with Gasteiger partial charge in [-0.25, -0.2) is 9.18 Å². The molecular weight excluding hydrogens is 211 g/mol. The lowest BCUT2D eigenvalue weighted by Gasteiger charge is -2.20. The van der Waals surface area contributed by atoms with Gasteiger partial charge in [-0.05, 0) is 30.5 Å². The van der Waals surface area contributed by atoms with Crippen molar-refractivity contribution >= 4 is 5.97 Å². The van der Waals surface area contributed by atoms with Crippen LogP contribution in [0.5, 0.6) is 0 Å². The molecule has 1 aromatic carbocycles. The quantitative estimate of drug-likeness (QED) is 0.789. The van der Waals surface area contributed by atoms with Crippen molar-refractivity contribution in [1.29, 1.82) is 0 Å². The Hall–Kier alpha value is -1.42. The van der Waals surface area contributed by atoms with Gasteiger partial charge in [-0.2, -0.15) is 0 Å². The number of hydrogen-bond donors (Lipinski definition) is 1. The molecule has 0 spiro atoms. The molecule has 3 nitrogen and oxygen atoms in total. The molecule has 0 radical (unpaired) electrons. The van der Waals surface area contributed by atoms with Crippen LogP contribution in [-0.4, -0.2) is 24.3 Å². The van der Waals surface area contributed by atoms with Crippen LogP contribution in [0.15, 0.2) is 24.3 Å². The third-order valence-corrected chi connectivity index (χ3v) is 3.16. The molecule has 1 unspecified atom stereocenters. The molecule has 0 aromatic heterocycles. The predicted octanol–water partition coefficient (Wildman–Crippen LogP) is 1.39. The maximum atomic E-state index is 12.8. The van der Waals surface area contributed by atoms with E-state index >= 15 is 0 Å². The Morgan fingerprint density at radius 3 is 2.44 bits per heavy atom. The normalized spacial score (nSPS) is 18.9. The standard InChI is InChI=1S/C12H13FO3/c1-16-11(15)10(14)12(6-7-12)8-2-4-9(13)5-3-8/h2-5,10,14H,6-7H2,1H3. The molecule has 16 heavy (non-hydrogen) atoms. The van der Waals surface area contributed by atoms with Gasteiger partial charge in [-0.15, -0.1) is 0 Å². The van der Waals surface area contributed by atoms with E-state index in [9.17, 15) is 14.3 Å². The van der Waals surface area contributed by atoms with Crippen LogP contribution >= 0.6 is 0 Å². The van der Waals surface area contributed by atoms with Gasteiger partial charge in [-0.3, -0.25) is 0 Å². The maximum absolute atomic E-state index is 12.8. The molecule has 0 saturated heterocycles. The van der Waals surface area contributed by atoms with Crippen molar-refractivity contribution in [2.24, 2.45) is 0 Å². The number of rotatable bonds is 3. The summed E-state index contributed by atoms with van der Waals surface area (Å²) >= 11 is 0. The first-order valence-electron chi connectivity index (χ1n) is 5.12. The molecule has 0 heterocycles. The van der Waals surface area contributed by atoms with Crippen LogP contribution < -0.4 is 0 Å². The number of aliphatic hydroxyl groups is 1. The van der Waals surface area contributed by atoms with Crippen LogP contribution in [-0.2, 0) is 14.9 Å². The van der Waals surface area contributed by atoms with E-state index in [1.165, 1.54) is 19.2 Å². The summed E-state index contributed by atoms with van der Waals surface area (Å²) < 4.78 is 17.3. The summed E-state index contributed by atoms with van der Waals surface area (Å²) in [5.41, 5.74) is 0.215. The Bertz CT molecular complexity index is 395. The molecular formula is C12H13FO3. The molecule has 1 aliphatic carbocycles. The summed E-state index contributed by atoms with van der Waals surface area (Å²) in [6.07, 6.45) is 0.270. The number of hydrogen-bond acceptors (Lipinski definition) is 3. The Labute approximate surface area is 92.9 Å². The maximum Gasteiger partial charge on any atom is 0.335 e. The number of halogens is 1. The molecule has 1 N–H and O–H groups in total. The Balaban J connectivity index is 2.26. The van der Waals surface area contributed by atoms with Crippen LogP contribution in [0, 0.1) is 5.82 Å². The second-order valence-electron chi connectivity index (χ2n) is 4.09. The highest BCUT2D eigenvalue weighted by atomic mass is 19.1. The van der Waals surface area contributed by atoms with E-state index < -0.39 is 17.5 Å². The average Bonchev–Trinajstić information content (AvgIpc) is 3.09. The first-order valence-corrected chi connectivity index (χ1v) is 5.12.